The van der Waals surface area contributed by atoms with Gasteiger partial charge in [0.1, 0.15) is 22.9 Å². The van der Waals surface area contributed by atoms with E-state index < -0.39 is 5.91 Å². The molecule has 0 saturated heterocycles. The van der Waals surface area contributed by atoms with E-state index in [1.807, 2.05) is 0 Å². The zero-order chi connectivity index (χ0) is 19.8. The van der Waals surface area contributed by atoms with Crippen molar-refractivity contribution in [2.24, 2.45) is 11.5 Å². The minimum absolute atomic E-state index is 0.142. The molecule has 0 aliphatic rings. The molecular formula is C17H24N6O4. The number of carbonyl (C=O) groups is 1. The summed E-state index contributed by atoms with van der Waals surface area (Å²) in [4.78, 5) is 20.1. The van der Waals surface area contributed by atoms with Crippen LogP contribution in [0, 0.1) is 0 Å². The lowest BCUT2D eigenvalue weighted by Crippen LogP contribution is -2.33. The summed E-state index contributed by atoms with van der Waals surface area (Å²) in [6.45, 7) is 0.789. The summed E-state index contributed by atoms with van der Waals surface area (Å²) in [5.74, 6) is 1.04. The van der Waals surface area contributed by atoms with E-state index in [1.165, 1.54) is 6.20 Å². The Morgan fingerprint density at radius 2 is 1.85 bits per heavy atom. The van der Waals surface area contributed by atoms with Crippen molar-refractivity contribution >= 4 is 23.4 Å². The molecule has 2 aromatic rings. The number of nitrogens with two attached hydrogens (primary N) is 2. The van der Waals surface area contributed by atoms with Crippen molar-refractivity contribution in [2.45, 2.75) is 6.04 Å². The first kappa shape index (κ1) is 20.2. The highest BCUT2D eigenvalue weighted by molar-refractivity contribution is 5.98. The Morgan fingerprint density at radius 1 is 1.19 bits per heavy atom. The van der Waals surface area contributed by atoms with Gasteiger partial charge in [0.25, 0.3) is 5.91 Å². The smallest absolute Gasteiger partial charge is 0.254 e. The first-order chi connectivity index (χ1) is 13.0. The fourth-order valence-corrected chi connectivity index (χ4v) is 2.25. The molecule has 1 aromatic heterocycles. The largest absolute Gasteiger partial charge is 0.497 e. The molecule has 0 spiro atoms. The van der Waals surface area contributed by atoms with E-state index in [1.54, 1.807) is 39.5 Å². The lowest BCUT2D eigenvalue weighted by atomic mass is 10.2. The van der Waals surface area contributed by atoms with Gasteiger partial charge in [-0.15, -0.1) is 0 Å². The van der Waals surface area contributed by atoms with Gasteiger partial charge in [-0.2, -0.15) is 4.98 Å². The second-order valence-corrected chi connectivity index (χ2v) is 5.64. The number of rotatable bonds is 10. The average Bonchev–Trinajstić information content (AvgIpc) is 2.66. The van der Waals surface area contributed by atoms with Crippen molar-refractivity contribution in [3.63, 3.8) is 0 Å². The summed E-state index contributed by atoms with van der Waals surface area (Å²) in [6.07, 6.45) is 1.35. The third kappa shape index (κ3) is 5.69. The molecular weight excluding hydrogens is 352 g/mol. The minimum atomic E-state index is -0.657. The van der Waals surface area contributed by atoms with Gasteiger partial charge in [0, 0.05) is 49.8 Å². The van der Waals surface area contributed by atoms with Gasteiger partial charge < -0.3 is 36.3 Å². The number of hydrogen-bond donors (Lipinski definition) is 4. The highest BCUT2D eigenvalue weighted by atomic mass is 16.5. The van der Waals surface area contributed by atoms with Gasteiger partial charge >= 0.3 is 0 Å². The van der Waals surface area contributed by atoms with Crippen LogP contribution in [0.4, 0.5) is 17.5 Å². The molecule has 1 unspecified atom stereocenters. The molecule has 0 saturated carbocycles. The number of benzene rings is 1. The van der Waals surface area contributed by atoms with Crippen LogP contribution >= 0.6 is 0 Å². The normalized spacial score (nSPS) is 11.6. The van der Waals surface area contributed by atoms with E-state index in [9.17, 15) is 4.79 Å². The van der Waals surface area contributed by atoms with E-state index in [4.69, 9.17) is 25.7 Å². The summed E-state index contributed by atoms with van der Waals surface area (Å²) in [5, 5.41) is 6.05. The molecule has 1 aromatic carbocycles. The fourth-order valence-electron chi connectivity index (χ4n) is 2.25. The number of primary amides is 1. The Balaban J connectivity index is 2.28. The quantitative estimate of drug-likeness (QED) is 0.471. The summed E-state index contributed by atoms with van der Waals surface area (Å²) >= 11 is 0. The zero-order valence-electron chi connectivity index (χ0n) is 15.5. The van der Waals surface area contributed by atoms with Crippen LogP contribution in [0.5, 0.6) is 11.5 Å². The summed E-state index contributed by atoms with van der Waals surface area (Å²) in [6, 6.07) is 4.96. The van der Waals surface area contributed by atoms with Crippen LogP contribution in [0.3, 0.4) is 0 Å². The number of nitrogens with zero attached hydrogens (tertiary/aromatic N) is 2. The Labute approximate surface area is 157 Å². The van der Waals surface area contributed by atoms with Crippen molar-refractivity contribution in [2.75, 3.05) is 45.1 Å². The van der Waals surface area contributed by atoms with Gasteiger partial charge in [-0.3, -0.25) is 4.79 Å². The lowest BCUT2D eigenvalue weighted by molar-refractivity contribution is 0.100. The van der Waals surface area contributed by atoms with Gasteiger partial charge in [0.05, 0.1) is 20.8 Å². The molecule has 10 nitrogen and oxygen atoms in total. The molecule has 0 aliphatic heterocycles. The third-order valence-electron chi connectivity index (χ3n) is 3.57. The lowest BCUT2D eigenvalue weighted by Gasteiger charge is -2.15. The Bertz CT molecular complexity index is 764. The molecule has 0 aliphatic carbocycles. The first-order valence-electron chi connectivity index (χ1n) is 8.12. The maximum atomic E-state index is 11.7. The number of methoxy groups -OCH3 is 3. The van der Waals surface area contributed by atoms with Crippen molar-refractivity contribution in [1.29, 1.82) is 0 Å². The number of carbonyl (C=O) groups excluding carboxylic acids is 1. The molecule has 1 heterocycles. The molecule has 6 N–H and O–H groups in total. The minimum Gasteiger partial charge on any atom is -0.497 e. The van der Waals surface area contributed by atoms with Crippen LogP contribution in [-0.4, -0.2) is 56.4 Å². The van der Waals surface area contributed by atoms with Crippen LogP contribution in [0.15, 0.2) is 24.4 Å². The van der Waals surface area contributed by atoms with E-state index in [2.05, 4.69) is 20.6 Å². The van der Waals surface area contributed by atoms with Crippen LogP contribution in [0.2, 0.25) is 0 Å². The van der Waals surface area contributed by atoms with E-state index in [-0.39, 0.29) is 17.4 Å². The first-order valence-corrected chi connectivity index (χ1v) is 8.12. The van der Waals surface area contributed by atoms with Gasteiger partial charge in [-0.25, -0.2) is 4.98 Å². The number of hydrogen-bond acceptors (Lipinski definition) is 9. The topological polar surface area (TPSA) is 147 Å². The van der Waals surface area contributed by atoms with Gasteiger partial charge in [0.2, 0.25) is 5.95 Å². The Hall–Kier alpha value is -3.11. The molecule has 10 heteroatoms. The van der Waals surface area contributed by atoms with Crippen molar-refractivity contribution in [3.05, 3.63) is 30.0 Å². The molecule has 0 radical (unpaired) electrons. The maximum Gasteiger partial charge on any atom is 0.254 e. The average molecular weight is 376 g/mol. The molecule has 2 rings (SSSR count). The summed E-state index contributed by atoms with van der Waals surface area (Å²) in [5.41, 5.74) is 12.1. The number of amides is 1. The van der Waals surface area contributed by atoms with Gasteiger partial charge in [0.15, 0.2) is 0 Å². The van der Waals surface area contributed by atoms with E-state index in [0.717, 1.165) is 0 Å². The van der Waals surface area contributed by atoms with Crippen LogP contribution < -0.4 is 31.6 Å². The monoisotopic (exact) mass is 376 g/mol. The molecule has 0 fully saturated rings. The number of anilines is 3. The molecule has 0 bridgehead atoms. The van der Waals surface area contributed by atoms with Crippen LogP contribution in [0.1, 0.15) is 10.4 Å². The fraction of sp³-hybridized carbons (Fsp3) is 0.353. The molecule has 1 atom stereocenters. The van der Waals surface area contributed by atoms with E-state index >= 15 is 0 Å². The van der Waals surface area contributed by atoms with Crippen LogP contribution in [-0.2, 0) is 4.74 Å². The zero-order valence-corrected chi connectivity index (χ0v) is 15.5. The Morgan fingerprint density at radius 3 is 2.41 bits per heavy atom. The summed E-state index contributed by atoms with van der Waals surface area (Å²) in [7, 11) is 4.66. The van der Waals surface area contributed by atoms with Crippen molar-refractivity contribution < 1.29 is 19.0 Å². The molecule has 146 valence electrons. The molecule has 1 amide bonds. The highest BCUT2D eigenvalue weighted by Gasteiger charge is 2.14. The van der Waals surface area contributed by atoms with Crippen LogP contribution in [0.25, 0.3) is 0 Å². The summed E-state index contributed by atoms with van der Waals surface area (Å²) < 4.78 is 15.5. The van der Waals surface area contributed by atoms with Crippen molar-refractivity contribution in [3.8, 4) is 11.5 Å². The van der Waals surface area contributed by atoms with E-state index in [0.29, 0.717) is 36.3 Å². The number of ether oxygens (including phenoxy) is 3. The maximum absolute atomic E-state index is 11.7. The Kier molecular flexibility index (Phi) is 7.15. The predicted octanol–water partition coefficient (Wildman–Crippen LogP) is 0.722. The highest BCUT2D eigenvalue weighted by Crippen LogP contribution is 2.28. The number of aromatic nitrogens is 2. The van der Waals surface area contributed by atoms with Crippen molar-refractivity contribution in [1.82, 2.24) is 9.97 Å². The second kappa shape index (κ2) is 9.55. The number of nitrogens with one attached hydrogen (secondary N) is 2. The molecule has 27 heavy (non-hydrogen) atoms. The third-order valence-corrected chi connectivity index (χ3v) is 3.57. The second-order valence-electron chi connectivity index (χ2n) is 5.64. The van der Waals surface area contributed by atoms with Gasteiger partial charge in [-0.1, -0.05) is 0 Å². The standard InChI is InChI=1S/C17H24N6O4/c1-25-9-10(18)7-20-17-21-8-14(15(19)24)16(23-17)22-11-4-12(26-2)6-13(5-11)27-3/h4-6,8,10H,7,9,18H2,1-3H3,(H2,19,24)(H2,20,21,22,23). The predicted molar refractivity (Wildman–Crippen MR) is 102 cm³/mol. The van der Waals surface area contributed by atoms with Gasteiger partial charge in [-0.05, 0) is 0 Å². The SMILES string of the molecule is COCC(N)CNc1ncc(C(N)=O)c(Nc2cc(OC)cc(OC)c2)n1.